The van der Waals surface area contributed by atoms with Crippen LogP contribution in [-0.4, -0.2) is 36.5 Å². The third-order valence-corrected chi connectivity index (χ3v) is 2.55. The molecule has 0 saturated carbocycles. The van der Waals surface area contributed by atoms with Crippen molar-refractivity contribution in [2.24, 2.45) is 5.92 Å². The highest BCUT2D eigenvalue weighted by molar-refractivity contribution is 5.70. The molecule has 1 aliphatic rings. The number of carbonyl (C=O) groups is 1. The summed E-state index contributed by atoms with van der Waals surface area (Å²) in [5, 5.41) is 0. The summed E-state index contributed by atoms with van der Waals surface area (Å²) in [5.41, 5.74) is 0. The van der Waals surface area contributed by atoms with E-state index in [4.69, 9.17) is 9.47 Å². The summed E-state index contributed by atoms with van der Waals surface area (Å²) < 4.78 is 10.5. The van der Waals surface area contributed by atoms with Crippen LogP contribution in [0.3, 0.4) is 0 Å². The molecular weight excluding hydrogens is 194 g/mol. The highest BCUT2D eigenvalue weighted by Crippen LogP contribution is 2.22. The van der Waals surface area contributed by atoms with Gasteiger partial charge in [0.15, 0.2) is 0 Å². The van der Waals surface area contributed by atoms with Gasteiger partial charge in [-0.05, 0) is 26.2 Å². The van der Waals surface area contributed by atoms with Crippen molar-refractivity contribution in [3.05, 3.63) is 0 Å². The molecule has 1 saturated heterocycles. The zero-order valence-electron chi connectivity index (χ0n) is 10.0. The molecular formula is C11H21NO3. The van der Waals surface area contributed by atoms with E-state index in [2.05, 4.69) is 13.8 Å². The first-order valence-corrected chi connectivity index (χ1v) is 5.63. The molecule has 0 bridgehead atoms. The third kappa shape index (κ3) is 3.09. The van der Waals surface area contributed by atoms with E-state index >= 15 is 0 Å². The predicted octanol–water partition coefficient (Wildman–Crippen LogP) is 2.24. The van der Waals surface area contributed by atoms with Crippen LogP contribution >= 0.6 is 0 Å². The minimum absolute atomic E-state index is 0.166. The minimum Gasteiger partial charge on any atom is -0.447 e. The number of amides is 1. The van der Waals surface area contributed by atoms with E-state index in [0.29, 0.717) is 19.1 Å². The van der Waals surface area contributed by atoms with Gasteiger partial charge >= 0.3 is 6.09 Å². The molecule has 1 rings (SSSR count). The van der Waals surface area contributed by atoms with Crippen LogP contribution in [-0.2, 0) is 9.47 Å². The van der Waals surface area contributed by atoms with E-state index < -0.39 is 0 Å². The minimum atomic E-state index is -0.249. The lowest BCUT2D eigenvalue weighted by atomic mass is 10.0. The van der Waals surface area contributed by atoms with Gasteiger partial charge in [-0.25, -0.2) is 4.79 Å². The lowest BCUT2D eigenvalue weighted by Gasteiger charge is -2.28. The number of ether oxygens (including phenoxy) is 2. The molecule has 1 amide bonds. The van der Waals surface area contributed by atoms with Crippen molar-refractivity contribution in [3.63, 3.8) is 0 Å². The molecule has 2 atom stereocenters. The summed E-state index contributed by atoms with van der Waals surface area (Å²) in [6, 6.07) is 0.166. The second kappa shape index (κ2) is 5.35. The lowest BCUT2D eigenvalue weighted by Crippen LogP contribution is -2.42. The summed E-state index contributed by atoms with van der Waals surface area (Å²) in [7, 11) is 0. The van der Waals surface area contributed by atoms with Crippen molar-refractivity contribution in [3.8, 4) is 0 Å². The Hall–Kier alpha value is -0.770. The van der Waals surface area contributed by atoms with E-state index in [1.165, 1.54) is 0 Å². The molecule has 1 heterocycles. The van der Waals surface area contributed by atoms with E-state index in [0.717, 1.165) is 6.42 Å². The summed E-state index contributed by atoms with van der Waals surface area (Å²) in [5.74, 6) is 0.556. The Morgan fingerprint density at radius 1 is 1.53 bits per heavy atom. The molecule has 15 heavy (non-hydrogen) atoms. The van der Waals surface area contributed by atoms with Gasteiger partial charge in [0.1, 0.15) is 12.8 Å². The van der Waals surface area contributed by atoms with Gasteiger partial charge in [0.2, 0.25) is 0 Å². The zero-order valence-corrected chi connectivity index (χ0v) is 10.0. The fourth-order valence-electron chi connectivity index (χ4n) is 1.96. The molecule has 0 radical (unpaired) electrons. The van der Waals surface area contributed by atoms with Gasteiger partial charge < -0.3 is 9.47 Å². The first-order valence-electron chi connectivity index (χ1n) is 5.63. The fourth-order valence-corrected chi connectivity index (χ4v) is 1.96. The van der Waals surface area contributed by atoms with Crippen molar-refractivity contribution in [1.29, 1.82) is 0 Å². The summed E-state index contributed by atoms with van der Waals surface area (Å²) >= 11 is 0. The van der Waals surface area contributed by atoms with Gasteiger partial charge in [-0.3, -0.25) is 4.90 Å². The van der Waals surface area contributed by atoms with Crippen LogP contribution in [0.4, 0.5) is 4.79 Å². The molecule has 88 valence electrons. The zero-order chi connectivity index (χ0) is 11.4. The molecule has 1 fully saturated rings. The first-order chi connectivity index (χ1) is 7.06. The van der Waals surface area contributed by atoms with Crippen LogP contribution in [0.25, 0.3) is 0 Å². The van der Waals surface area contributed by atoms with Gasteiger partial charge in [0, 0.05) is 6.61 Å². The number of carbonyl (C=O) groups excluding carboxylic acids is 1. The number of nitrogens with zero attached hydrogens (tertiary/aromatic N) is 1. The van der Waals surface area contributed by atoms with Crippen molar-refractivity contribution in [2.45, 2.75) is 46.4 Å². The number of hydrogen-bond acceptors (Lipinski definition) is 3. The standard InChI is InChI=1S/C11H21NO3/c1-5-14-9(4)12-10(6-8(2)3)7-15-11(12)13/h8-10H,5-7H2,1-4H3. The second-order valence-corrected chi connectivity index (χ2v) is 4.32. The molecule has 4 nitrogen and oxygen atoms in total. The summed E-state index contributed by atoms with van der Waals surface area (Å²) in [6.45, 7) is 9.21. The fraction of sp³-hybridized carbons (Fsp3) is 0.909. The van der Waals surface area contributed by atoms with Gasteiger partial charge in [-0.15, -0.1) is 0 Å². The Morgan fingerprint density at radius 2 is 2.20 bits per heavy atom. The Bertz CT molecular complexity index is 218. The van der Waals surface area contributed by atoms with Crippen molar-refractivity contribution >= 4 is 6.09 Å². The smallest absolute Gasteiger partial charge is 0.412 e. The summed E-state index contributed by atoms with van der Waals surface area (Å²) in [6.07, 6.45) is 0.527. The van der Waals surface area contributed by atoms with Crippen molar-refractivity contribution in [2.75, 3.05) is 13.2 Å². The Labute approximate surface area is 91.5 Å². The lowest BCUT2D eigenvalue weighted by molar-refractivity contribution is -0.0300. The third-order valence-electron chi connectivity index (χ3n) is 2.55. The second-order valence-electron chi connectivity index (χ2n) is 4.32. The summed E-state index contributed by atoms with van der Waals surface area (Å²) in [4.78, 5) is 13.2. The topological polar surface area (TPSA) is 38.8 Å². The normalized spacial score (nSPS) is 23.4. The number of hydrogen-bond donors (Lipinski definition) is 0. The highest BCUT2D eigenvalue weighted by Gasteiger charge is 2.36. The molecule has 0 aromatic carbocycles. The number of cyclic esters (lactones) is 1. The van der Waals surface area contributed by atoms with E-state index in [1.54, 1.807) is 4.90 Å². The molecule has 0 N–H and O–H groups in total. The highest BCUT2D eigenvalue weighted by atomic mass is 16.6. The van der Waals surface area contributed by atoms with Crippen molar-refractivity contribution in [1.82, 2.24) is 4.90 Å². The maximum absolute atomic E-state index is 11.5. The molecule has 0 aromatic rings. The van der Waals surface area contributed by atoms with Gasteiger partial charge in [0.05, 0.1) is 6.04 Å². The van der Waals surface area contributed by atoms with E-state index in [1.807, 2.05) is 13.8 Å². The monoisotopic (exact) mass is 215 g/mol. The van der Waals surface area contributed by atoms with Gasteiger partial charge in [0.25, 0.3) is 0 Å². The van der Waals surface area contributed by atoms with Crippen LogP contribution < -0.4 is 0 Å². The van der Waals surface area contributed by atoms with E-state index in [9.17, 15) is 4.79 Å². The Morgan fingerprint density at radius 3 is 2.73 bits per heavy atom. The van der Waals surface area contributed by atoms with Gasteiger partial charge in [-0.1, -0.05) is 13.8 Å². The van der Waals surface area contributed by atoms with Crippen LogP contribution in [0.15, 0.2) is 0 Å². The van der Waals surface area contributed by atoms with Crippen LogP contribution in [0.1, 0.15) is 34.1 Å². The Balaban J connectivity index is 2.59. The van der Waals surface area contributed by atoms with Crippen molar-refractivity contribution < 1.29 is 14.3 Å². The maximum Gasteiger partial charge on any atom is 0.412 e. The molecule has 0 spiro atoms. The molecule has 0 aromatic heterocycles. The molecule has 0 aliphatic carbocycles. The quantitative estimate of drug-likeness (QED) is 0.706. The van der Waals surface area contributed by atoms with E-state index in [-0.39, 0.29) is 18.4 Å². The van der Waals surface area contributed by atoms with Crippen LogP contribution in [0, 0.1) is 5.92 Å². The molecule has 2 unspecified atom stereocenters. The van der Waals surface area contributed by atoms with Gasteiger partial charge in [-0.2, -0.15) is 0 Å². The molecule has 1 aliphatic heterocycles. The average Bonchev–Trinajstić information content (AvgIpc) is 2.46. The number of rotatable bonds is 5. The molecule has 4 heteroatoms. The maximum atomic E-state index is 11.5. The average molecular weight is 215 g/mol. The van der Waals surface area contributed by atoms with Crippen LogP contribution in [0.2, 0.25) is 0 Å². The SMILES string of the molecule is CCOC(C)N1C(=O)OCC1CC(C)C. The van der Waals surface area contributed by atoms with Crippen LogP contribution in [0.5, 0.6) is 0 Å². The Kier molecular flexibility index (Phi) is 4.39. The predicted molar refractivity (Wildman–Crippen MR) is 57.5 cm³/mol. The first kappa shape index (κ1) is 12.3. The largest absolute Gasteiger partial charge is 0.447 e.